The van der Waals surface area contributed by atoms with Gasteiger partial charge >= 0.3 is 0 Å². The zero-order valence-corrected chi connectivity index (χ0v) is 18.7. The molecule has 0 bridgehead atoms. The number of anilines is 1. The van der Waals surface area contributed by atoms with Crippen LogP contribution in [0.1, 0.15) is 63.7 Å². The molecule has 6 nitrogen and oxygen atoms in total. The maximum absolute atomic E-state index is 12.8. The summed E-state index contributed by atoms with van der Waals surface area (Å²) in [5, 5.41) is 2.93. The first-order chi connectivity index (χ1) is 14.3. The molecule has 1 aromatic rings. The molecule has 164 valence electrons. The number of nitrogens with zero attached hydrogens (tertiary/aromatic N) is 2. The van der Waals surface area contributed by atoms with E-state index in [1.807, 2.05) is 18.7 Å². The smallest absolute Gasteiger partial charge is 0.253 e. The van der Waals surface area contributed by atoms with Crippen LogP contribution in [0.2, 0.25) is 0 Å². The van der Waals surface area contributed by atoms with Crippen LogP contribution < -0.4 is 5.32 Å². The predicted molar refractivity (Wildman–Crippen MR) is 118 cm³/mol. The fraction of sp³-hybridized carbons (Fsp3) is 0.625. The molecular formula is C24H35N3O3. The van der Waals surface area contributed by atoms with E-state index in [0.717, 1.165) is 12.8 Å². The van der Waals surface area contributed by atoms with E-state index in [4.69, 9.17) is 0 Å². The third kappa shape index (κ3) is 4.68. The Balaban J connectivity index is 1.60. The summed E-state index contributed by atoms with van der Waals surface area (Å²) in [5.41, 5.74) is 1.26. The molecule has 1 heterocycles. The Bertz CT molecular complexity index is 772. The van der Waals surface area contributed by atoms with E-state index < -0.39 is 0 Å². The lowest BCUT2D eigenvalue weighted by Gasteiger charge is -2.40. The molecule has 2 fully saturated rings. The Kier molecular flexibility index (Phi) is 7.16. The molecule has 4 atom stereocenters. The maximum atomic E-state index is 12.8. The van der Waals surface area contributed by atoms with Gasteiger partial charge in [-0.2, -0.15) is 0 Å². The SMILES string of the molecule is CCN(CC)C(=O)c1ccc(NC(=O)[C@H]2CC(=O)N([C@H]3CCC[C@H](C)[C@@H]3C)C2)cc1. The molecule has 1 aliphatic carbocycles. The Morgan fingerprint density at radius 3 is 2.40 bits per heavy atom. The van der Waals surface area contributed by atoms with Gasteiger partial charge in [0.05, 0.1) is 5.92 Å². The third-order valence-corrected chi connectivity index (χ3v) is 7.04. The predicted octanol–water partition coefficient (Wildman–Crippen LogP) is 3.78. The van der Waals surface area contributed by atoms with Crippen molar-refractivity contribution in [3.05, 3.63) is 29.8 Å². The van der Waals surface area contributed by atoms with Crippen molar-refractivity contribution < 1.29 is 14.4 Å². The van der Waals surface area contributed by atoms with Gasteiger partial charge in [0.1, 0.15) is 0 Å². The van der Waals surface area contributed by atoms with E-state index in [2.05, 4.69) is 19.2 Å². The Labute approximate surface area is 180 Å². The van der Waals surface area contributed by atoms with Crippen molar-refractivity contribution >= 4 is 23.4 Å². The molecule has 30 heavy (non-hydrogen) atoms. The highest BCUT2D eigenvalue weighted by molar-refractivity contribution is 5.98. The fourth-order valence-corrected chi connectivity index (χ4v) is 4.86. The lowest BCUT2D eigenvalue weighted by atomic mass is 9.77. The van der Waals surface area contributed by atoms with Crippen molar-refractivity contribution in [1.29, 1.82) is 0 Å². The van der Waals surface area contributed by atoms with Gasteiger partial charge in [0.15, 0.2) is 0 Å². The van der Waals surface area contributed by atoms with Crippen LogP contribution in [0.3, 0.4) is 0 Å². The van der Waals surface area contributed by atoms with Crippen molar-refractivity contribution in [3.63, 3.8) is 0 Å². The molecule has 1 aromatic carbocycles. The Hall–Kier alpha value is -2.37. The second kappa shape index (κ2) is 9.63. The van der Waals surface area contributed by atoms with Crippen molar-refractivity contribution in [1.82, 2.24) is 9.80 Å². The topological polar surface area (TPSA) is 69.7 Å². The molecule has 2 aliphatic rings. The van der Waals surface area contributed by atoms with Gasteiger partial charge in [0, 0.05) is 43.3 Å². The lowest BCUT2D eigenvalue weighted by molar-refractivity contribution is -0.131. The first kappa shape index (κ1) is 22.3. The van der Waals surface area contributed by atoms with E-state index in [9.17, 15) is 14.4 Å². The Morgan fingerprint density at radius 2 is 1.77 bits per heavy atom. The summed E-state index contributed by atoms with van der Waals surface area (Å²) in [6, 6.07) is 7.26. The highest BCUT2D eigenvalue weighted by atomic mass is 16.2. The van der Waals surface area contributed by atoms with E-state index in [-0.39, 0.29) is 36.1 Å². The maximum Gasteiger partial charge on any atom is 0.253 e. The van der Waals surface area contributed by atoms with E-state index in [1.165, 1.54) is 6.42 Å². The van der Waals surface area contributed by atoms with Crippen LogP contribution in [-0.4, -0.2) is 53.2 Å². The number of nitrogens with one attached hydrogen (secondary N) is 1. The molecular weight excluding hydrogens is 378 g/mol. The molecule has 1 saturated heterocycles. The van der Waals surface area contributed by atoms with Gasteiger partial charge in [-0.25, -0.2) is 0 Å². The van der Waals surface area contributed by atoms with Crippen LogP contribution in [0.25, 0.3) is 0 Å². The third-order valence-electron chi connectivity index (χ3n) is 7.04. The number of hydrogen-bond acceptors (Lipinski definition) is 3. The monoisotopic (exact) mass is 413 g/mol. The quantitative estimate of drug-likeness (QED) is 0.772. The van der Waals surface area contributed by atoms with Crippen molar-refractivity contribution in [2.24, 2.45) is 17.8 Å². The van der Waals surface area contributed by atoms with Gasteiger partial charge in [0.2, 0.25) is 11.8 Å². The molecule has 1 N–H and O–H groups in total. The number of rotatable bonds is 6. The van der Waals surface area contributed by atoms with Crippen molar-refractivity contribution in [2.45, 2.75) is 59.4 Å². The minimum absolute atomic E-state index is 0.00858. The average Bonchev–Trinajstić information content (AvgIpc) is 3.13. The van der Waals surface area contributed by atoms with Crippen molar-refractivity contribution in [3.8, 4) is 0 Å². The van der Waals surface area contributed by atoms with Gasteiger partial charge in [-0.05, 0) is 56.4 Å². The summed E-state index contributed by atoms with van der Waals surface area (Å²) in [7, 11) is 0. The zero-order chi connectivity index (χ0) is 21.8. The molecule has 0 aromatic heterocycles. The molecule has 1 aliphatic heterocycles. The van der Waals surface area contributed by atoms with E-state index in [1.54, 1.807) is 29.2 Å². The molecule has 0 spiro atoms. The molecule has 6 heteroatoms. The summed E-state index contributed by atoms with van der Waals surface area (Å²) in [5.74, 6) is 0.735. The van der Waals surface area contributed by atoms with Gasteiger partial charge in [-0.15, -0.1) is 0 Å². The summed E-state index contributed by atoms with van der Waals surface area (Å²) >= 11 is 0. The number of hydrogen-bond donors (Lipinski definition) is 1. The number of benzene rings is 1. The summed E-state index contributed by atoms with van der Waals surface area (Å²) < 4.78 is 0. The molecule has 3 rings (SSSR count). The second-order valence-corrected chi connectivity index (χ2v) is 8.83. The van der Waals surface area contributed by atoms with Crippen LogP contribution in [-0.2, 0) is 9.59 Å². The average molecular weight is 414 g/mol. The van der Waals surface area contributed by atoms with Crippen LogP contribution in [0.5, 0.6) is 0 Å². The molecule has 0 unspecified atom stereocenters. The van der Waals surface area contributed by atoms with Crippen LogP contribution in [0, 0.1) is 17.8 Å². The Morgan fingerprint density at radius 1 is 1.10 bits per heavy atom. The number of likely N-dealkylation sites (tertiary alicyclic amines) is 1. The summed E-state index contributed by atoms with van der Waals surface area (Å²) in [6.07, 6.45) is 3.68. The standard InChI is InChI=1S/C24H35N3O3/c1-5-26(6-2)24(30)18-10-12-20(13-11-18)25-23(29)19-14-22(28)27(15-19)21-9-7-8-16(3)17(21)4/h10-13,16-17,19,21H,5-9,14-15H2,1-4H3,(H,25,29)/t16-,17-,19-,21-/m0/s1. The summed E-state index contributed by atoms with van der Waals surface area (Å²) in [6.45, 7) is 10.2. The highest BCUT2D eigenvalue weighted by Crippen LogP contribution is 2.36. The zero-order valence-electron chi connectivity index (χ0n) is 18.7. The second-order valence-electron chi connectivity index (χ2n) is 8.83. The van der Waals surface area contributed by atoms with Gasteiger partial charge in [-0.3, -0.25) is 14.4 Å². The normalized spacial score (nSPS) is 26.5. The van der Waals surface area contributed by atoms with Gasteiger partial charge < -0.3 is 15.1 Å². The lowest BCUT2D eigenvalue weighted by Crippen LogP contribution is -2.45. The van der Waals surface area contributed by atoms with E-state index >= 15 is 0 Å². The minimum Gasteiger partial charge on any atom is -0.339 e. The van der Waals surface area contributed by atoms with Gasteiger partial charge in [-0.1, -0.05) is 26.7 Å². The van der Waals surface area contributed by atoms with Gasteiger partial charge in [0.25, 0.3) is 5.91 Å². The first-order valence-electron chi connectivity index (χ1n) is 11.3. The fourth-order valence-electron chi connectivity index (χ4n) is 4.86. The largest absolute Gasteiger partial charge is 0.339 e. The van der Waals surface area contributed by atoms with Crippen LogP contribution >= 0.6 is 0 Å². The number of carbonyl (C=O) groups excluding carboxylic acids is 3. The number of amides is 3. The molecule has 0 radical (unpaired) electrons. The minimum atomic E-state index is -0.320. The van der Waals surface area contributed by atoms with Crippen LogP contribution in [0.4, 0.5) is 5.69 Å². The first-order valence-corrected chi connectivity index (χ1v) is 11.3. The van der Waals surface area contributed by atoms with E-state index in [0.29, 0.717) is 42.7 Å². The summed E-state index contributed by atoms with van der Waals surface area (Å²) in [4.78, 5) is 41.6. The molecule has 1 saturated carbocycles. The van der Waals surface area contributed by atoms with Crippen LogP contribution in [0.15, 0.2) is 24.3 Å². The highest BCUT2D eigenvalue weighted by Gasteiger charge is 2.41. The molecule has 3 amide bonds. The van der Waals surface area contributed by atoms with Crippen molar-refractivity contribution in [2.75, 3.05) is 25.0 Å². The number of carbonyl (C=O) groups is 3.